The molecule has 4 nitrogen and oxygen atoms in total. The molecule has 19 heavy (non-hydrogen) atoms. The van der Waals surface area contributed by atoms with E-state index < -0.39 is 22.2 Å². The van der Waals surface area contributed by atoms with Gasteiger partial charge in [0.2, 0.25) is 10.0 Å². The number of aliphatic hydroxyl groups excluding tert-OH is 1. The fraction of sp³-hybridized carbons (Fsp3) is 0.385. The molecule has 0 amide bonds. The fourth-order valence-electron chi connectivity index (χ4n) is 1.64. The van der Waals surface area contributed by atoms with E-state index >= 15 is 0 Å². The highest BCUT2D eigenvalue weighted by Gasteiger charge is 2.21. The van der Waals surface area contributed by atoms with Crippen LogP contribution in [0.4, 0.5) is 0 Å². The normalized spacial score (nSPS) is 14.9. The third-order valence-electron chi connectivity index (χ3n) is 2.58. The molecular weight excluding hydrogens is 286 g/mol. The average molecular weight is 304 g/mol. The van der Waals surface area contributed by atoms with Crippen LogP contribution in [0.1, 0.15) is 12.5 Å². The summed E-state index contributed by atoms with van der Waals surface area (Å²) in [5, 5.41) is 10.0. The molecule has 2 N–H and O–H groups in total. The molecule has 1 aromatic rings. The highest BCUT2D eigenvalue weighted by molar-refractivity contribution is 7.89. The minimum Gasteiger partial charge on any atom is -0.391 e. The van der Waals surface area contributed by atoms with E-state index in [1.165, 1.54) is 0 Å². The van der Waals surface area contributed by atoms with Crippen LogP contribution in [0.15, 0.2) is 41.9 Å². The van der Waals surface area contributed by atoms with Gasteiger partial charge in [0.25, 0.3) is 0 Å². The van der Waals surface area contributed by atoms with E-state index in [4.69, 9.17) is 11.6 Å². The van der Waals surface area contributed by atoms with Gasteiger partial charge >= 0.3 is 0 Å². The lowest BCUT2D eigenvalue weighted by Crippen LogP contribution is -2.43. The molecule has 0 aliphatic carbocycles. The molecule has 0 saturated heterocycles. The molecule has 6 heteroatoms. The summed E-state index contributed by atoms with van der Waals surface area (Å²) in [5.74, 6) is -0.350. The molecule has 0 aliphatic heterocycles. The summed E-state index contributed by atoms with van der Waals surface area (Å²) in [6.07, 6.45) is -0.424. The smallest absolute Gasteiger partial charge is 0.216 e. The first-order valence-corrected chi connectivity index (χ1v) is 7.88. The Balaban J connectivity index is 2.58. The van der Waals surface area contributed by atoms with Gasteiger partial charge in [-0.2, -0.15) is 0 Å². The molecule has 0 saturated carbocycles. The molecule has 1 rings (SSSR count). The standard InChI is InChI=1S/C13H18ClNO3S/c1-10(14)9-19(17,18)15-11(2)13(16)8-12-6-4-3-5-7-12/h3-7,11,13,15-16H,1,8-9H2,2H3. The summed E-state index contributed by atoms with van der Waals surface area (Å²) in [5.41, 5.74) is 0.947. The Morgan fingerprint density at radius 2 is 2.00 bits per heavy atom. The number of nitrogens with one attached hydrogen (secondary N) is 1. The van der Waals surface area contributed by atoms with Crippen LogP contribution >= 0.6 is 11.6 Å². The van der Waals surface area contributed by atoms with Crippen molar-refractivity contribution in [2.45, 2.75) is 25.5 Å². The van der Waals surface area contributed by atoms with Crippen LogP contribution in [0.3, 0.4) is 0 Å². The van der Waals surface area contributed by atoms with Crippen molar-refractivity contribution in [2.75, 3.05) is 5.75 Å². The Kier molecular flexibility index (Phi) is 6.00. The molecule has 2 unspecified atom stereocenters. The second-order valence-electron chi connectivity index (χ2n) is 4.44. The maximum atomic E-state index is 11.6. The number of rotatable bonds is 7. The molecule has 1 aromatic carbocycles. The number of hydrogen-bond acceptors (Lipinski definition) is 3. The zero-order valence-electron chi connectivity index (χ0n) is 10.7. The summed E-state index contributed by atoms with van der Waals surface area (Å²) in [4.78, 5) is 0. The second-order valence-corrected chi connectivity index (χ2v) is 6.73. The van der Waals surface area contributed by atoms with Crippen molar-refractivity contribution in [1.82, 2.24) is 4.72 Å². The zero-order chi connectivity index (χ0) is 14.5. The summed E-state index contributed by atoms with van der Waals surface area (Å²) < 4.78 is 25.7. The summed E-state index contributed by atoms with van der Waals surface area (Å²) in [6.45, 7) is 4.96. The molecular formula is C13H18ClNO3S. The summed E-state index contributed by atoms with van der Waals surface area (Å²) >= 11 is 5.48. The van der Waals surface area contributed by atoms with Gasteiger partial charge in [-0.1, -0.05) is 48.5 Å². The lowest BCUT2D eigenvalue weighted by Gasteiger charge is -2.20. The summed E-state index contributed by atoms with van der Waals surface area (Å²) in [6, 6.07) is 8.79. The van der Waals surface area contributed by atoms with Crippen LogP contribution in [0.2, 0.25) is 0 Å². The van der Waals surface area contributed by atoms with Crippen molar-refractivity contribution < 1.29 is 13.5 Å². The quantitative estimate of drug-likeness (QED) is 0.805. The number of benzene rings is 1. The zero-order valence-corrected chi connectivity index (χ0v) is 12.3. The van der Waals surface area contributed by atoms with Gasteiger partial charge in [-0.15, -0.1) is 0 Å². The van der Waals surface area contributed by atoms with Gasteiger partial charge in [0, 0.05) is 11.1 Å². The Labute approximate surface area is 119 Å². The second kappa shape index (κ2) is 7.05. The summed E-state index contributed by atoms with van der Waals surface area (Å²) in [7, 11) is -3.56. The van der Waals surface area contributed by atoms with Crippen molar-refractivity contribution in [2.24, 2.45) is 0 Å². The maximum absolute atomic E-state index is 11.6. The molecule has 106 valence electrons. The van der Waals surface area contributed by atoms with E-state index in [1.54, 1.807) is 6.92 Å². The van der Waals surface area contributed by atoms with Crippen molar-refractivity contribution in [1.29, 1.82) is 0 Å². The van der Waals surface area contributed by atoms with Gasteiger partial charge in [-0.05, 0) is 18.9 Å². The van der Waals surface area contributed by atoms with E-state index in [1.807, 2.05) is 30.3 Å². The van der Waals surface area contributed by atoms with Crippen LogP contribution in [-0.2, 0) is 16.4 Å². The van der Waals surface area contributed by atoms with Gasteiger partial charge < -0.3 is 5.11 Å². The molecule has 0 aliphatic rings. The van der Waals surface area contributed by atoms with Gasteiger partial charge in [0.1, 0.15) is 0 Å². The predicted molar refractivity (Wildman–Crippen MR) is 77.5 cm³/mol. The largest absolute Gasteiger partial charge is 0.391 e. The molecule has 0 radical (unpaired) electrons. The number of hydrogen-bond donors (Lipinski definition) is 2. The van der Waals surface area contributed by atoms with E-state index in [0.717, 1.165) is 5.56 Å². The topological polar surface area (TPSA) is 66.4 Å². The molecule has 0 spiro atoms. The number of aliphatic hydroxyl groups is 1. The number of sulfonamides is 1. The molecule has 2 atom stereocenters. The Bertz CT molecular complexity index is 516. The van der Waals surface area contributed by atoms with E-state index in [0.29, 0.717) is 6.42 Å². The van der Waals surface area contributed by atoms with E-state index in [2.05, 4.69) is 11.3 Å². The SMILES string of the molecule is C=C(Cl)CS(=O)(=O)NC(C)C(O)Cc1ccccc1. The first-order valence-electron chi connectivity index (χ1n) is 5.85. The lowest BCUT2D eigenvalue weighted by molar-refractivity contribution is 0.144. The average Bonchev–Trinajstić information content (AvgIpc) is 2.27. The Hall–Kier alpha value is -0.880. The first kappa shape index (κ1) is 16.2. The predicted octanol–water partition coefficient (Wildman–Crippen LogP) is 1.65. The van der Waals surface area contributed by atoms with Crippen molar-refractivity contribution in [3.05, 3.63) is 47.5 Å². The molecule has 0 heterocycles. The fourth-order valence-corrected chi connectivity index (χ4v) is 3.29. The van der Waals surface area contributed by atoms with Gasteiger partial charge in [-0.25, -0.2) is 13.1 Å². The van der Waals surface area contributed by atoms with Crippen LogP contribution in [-0.4, -0.2) is 31.4 Å². The first-order chi connectivity index (χ1) is 8.80. The van der Waals surface area contributed by atoms with Crippen LogP contribution in [0.5, 0.6) is 0 Å². The van der Waals surface area contributed by atoms with Gasteiger partial charge in [-0.3, -0.25) is 0 Å². The Morgan fingerprint density at radius 1 is 1.42 bits per heavy atom. The molecule has 0 fully saturated rings. The van der Waals surface area contributed by atoms with Crippen molar-refractivity contribution in [3.8, 4) is 0 Å². The molecule has 0 aromatic heterocycles. The van der Waals surface area contributed by atoms with Crippen LogP contribution in [0, 0.1) is 0 Å². The molecule has 0 bridgehead atoms. The number of halogens is 1. The van der Waals surface area contributed by atoms with Crippen LogP contribution in [0.25, 0.3) is 0 Å². The monoisotopic (exact) mass is 303 g/mol. The van der Waals surface area contributed by atoms with Crippen LogP contribution < -0.4 is 4.72 Å². The minimum atomic E-state index is -3.56. The Morgan fingerprint density at radius 3 is 2.53 bits per heavy atom. The third-order valence-corrected chi connectivity index (χ3v) is 4.33. The van der Waals surface area contributed by atoms with E-state index in [9.17, 15) is 13.5 Å². The lowest BCUT2D eigenvalue weighted by atomic mass is 10.0. The van der Waals surface area contributed by atoms with E-state index in [-0.39, 0.29) is 10.8 Å². The van der Waals surface area contributed by atoms with Crippen molar-refractivity contribution in [3.63, 3.8) is 0 Å². The minimum absolute atomic E-state index is 0.0391. The maximum Gasteiger partial charge on any atom is 0.216 e. The highest BCUT2D eigenvalue weighted by Crippen LogP contribution is 2.08. The highest BCUT2D eigenvalue weighted by atomic mass is 35.5. The van der Waals surface area contributed by atoms with Gasteiger partial charge in [0.15, 0.2) is 0 Å². The van der Waals surface area contributed by atoms with Gasteiger partial charge in [0.05, 0.1) is 11.9 Å². The van der Waals surface area contributed by atoms with Crippen molar-refractivity contribution >= 4 is 21.6 Å². The third kappa shape index (κ3) is 6.20.